The lowest BCUT2D eigenvalue weighted by Gasteiger charge is -2.07. The Hall–Kier alpha value is -1.72. The van der Waals surface area contributed by atoms with Gasteiger partial charge in [0.2, 0.25) is 5.69 Å². The van der Waals surface area contributed by atoms with Crippen LogP contribution in [-0.4, -0.2) is 11.5 Å². The van der Waals surface area contributed by atoms with Crippen molar-refractivity contribution < 1.29 is 22.6 Å². The molecule has 0 bridgehead atoms. The first kappa shape index (κ1) is 10.8. The number of aryl methyl sites for hydroxylation is 2. The van der Waals surface area contributed by atoms with Crippen molar-refractivity contribution in [3.8, 4) is 5.75 Å². The monoisotopic (exact) mass is 231 g/mol. The Morgan fingerprint density at radius 2 is 2.00 bits per heavy atom. The van der Waals surface area contributed by atoms with Crippen LogP contribution in [0.25, 0.3) is 10.9 Å². The van der Waals surface area contributed by atoms with E-state index in [4.69, 9.17) is 0 Å². The smallest absolute Gasteiger partial charge is 0.406 e. The van der Waals surface area contributed by atoms with E-state index in [1.54, 1.807) is 17.8 Å². The first-order valence-electron chi connectivity index (χ1n) is 4.61. The van der Waals surface area contributed by atoms with Gasteiger partial charge in [0.1, 0.15) is 11.3 Å². The maximum absolute atomic E-state index is 12.0. The van der Waals surface area contributed by atoms with Crippen molar-refractivity contribution in [2.24, 2.45) is 7.05 Å². The lowest BCUT2D eigenvalue weighted by Crippen LogP contribution is -2.32. The van der Waals surface area contributed by atoms with Crippen molar-refractivity contribution in [1.82, 2.24) is 5.10 Å². The van der Waals surface area contributed by atoms with Crippen LogP contribution in [0.3, 0.4) is 0 Å². The highest BCUT2D eigenvalue weighted by molar-refractivity contribution is 5.81. The second kappa shape index (κ2) is 3.40. The molecule has 2 aromatic rings. The molecule has 1 heterocycles. The first-order chi connectivity index (χ1) is 7.37. The Kier molecular flexibility index (Phi) is 2.29. The van der Waals surface area contributed by atoms with Gasteiger partial charge in [-0.25, -0.2) is 0 Å². The minimum Gasteiger partial charge on any atom is -0.406 e. The Labute approximate surface area is 89.4 Å². The molecule has 0 aliphatic carbocycles. The maximum atomic E-state index is 12.0. The Morgan fingerprint density at radius 1 is 1.31 bits per heavy atom. The summed E-state index contributed by atoms with van der Waals surface area (Å²) in [7, 11) is 1.79. The van der Waals surface area contributed by atoms with Crippen LogP contribution in [0.2, 0.25) is 0 Å². The van der Waals surface area contributed by atoms with E-state index in [1.165, 1.54) is 12.1 Å². The number of hydrogen-bond acceptors (Lipinski definition) is 1. The Morgan fingerprint density at radius 3 is 2.62 bits per heavy atom. The van der Waals surface area contributed by atoms with Gasteiger partial charge in [-0.3, -0.25) is 0 Å². The Bertz CT molecular complexity index is 531. The summed E-state index contributed by atoms with van der Waals surface area (Å²) in [5, 5.41) is 3.71. The molecule has 1 aromatic carbocycles. The van der Waals surface area contributed by atoms with Gasteiger partial charge >= 0.3 is 6.36 Å². The van der Waals surface area contributed by atoms with Gasteiger partial charge in [0.05, 0.1) is 5.39 Å². The van der Waals surface area contributed by atoms with Crippen molar-refractivity contribution in [2.75, 3.05) is 0 Å². The molecule has 0 saturated heterocycles. The number of nitrogens with one attached hydrogen (secondary N) is 1. The van der Waals surface area contributed by atoms with E-state index in [1.807, 2.05) is 6.92 Å². The number of benzene rings is 1. The molecule has 3 nitrogen and oxygen atoms in total. The van der Waals surface area contributed by atoms with Crippen LogP contribution in [0.1, 0.15) is 5.69 Å². The number of aromatic nitrogens is 2. The maximum Gasteiger partial charge on any atom is 0.573 e. The van der Waals surface area contributed by atoms with Gasteiger partial charge in [-0.15, -0.1) is 17.9 Å². The van der Waals surface area contributed by atoms with E-state index in [-0.39, 0.29) is 5.75 Å². The normalized spacial score (nSPS) is 12.1. The molecule has 0 radical (unpaired) electrons. The minimum atomic E-state index is -4.65. The van der Waals surface area contributed by atoms with Gasteiger partial charge in [0, 0.05) is 6.92 Å². The number of rotatable bonds is 1. The quantitative estimate of drug-likeness (QED) is 0.749. The Balaban J connectivity index is 2.47. The van der Waals surface area contributed by atoms with E-state index in [9.17, 15) is 13.2 Å². The standard InChI is InChI=1S/C10H9F3N2O/c1-6-8-5-7(16-10(11,12)13)3-4-9(8)14-15(6)2/h3-5H,1-2H3/p+1. The number of aromatic amines is 1. The summed E-state index contributed by atoms with van der Waals surface area (Å²) in [5.74, 6) is -0.206. The van der Waals surface area contributed by atoms with Gasteiger partial charge in [-0.05, 0) is 18.2 Å². The average Bonchev–Trinajstić information content (AvgIpc) is 2.42. The number of halogens is 3. The van der Waals surface area contributed by atoms with Gasteiger partial charge < -0.3 is 4.74 Å². The third kappa shape index (κ3) is 1.95. The molecule has 1 N–H and O–H groups in total. The van der Waals surface area contributed by atoms with E-state index in [0.717, 1.165) is 11.2 Å². The molecule has 0 spiro atoms. The summed E-state index contributed by atoms with van der Waals surface area (Å²) in [6.45, 7) is 1.82. The molecule has 0 aliphatic rings. The van der Waals surface area contributed by atoms with E-state index in [2.05, 4.69) is 9.84 Å². The number of ether oxygens (including phenoxy) is 1. The van der Waals surface area contributed by atoms with Gasteiger partial charge in [0.15, 0.2) is 7.05 Å². The van der Waals surface area contributed by atoms with Crippen LogP contribution in [0, 0.1) is 6.92 Å². The number of H-pyrrole nitrogens is 1. The summed E-state index contributed by atoms with van der Waals surface area (Å²) < 4.78 is 41.6. The fraction of sp³-hybridized carbons (Fsp3) is 0.300. The molecule has 1 aromatic heterocycles. The lowest BCUT2D eigenvalue weighted by molar-refractivity contribution is -0.730. The van der Waals surface area contributed by atoms with E-state index >= 15 is 0 Å². The summed E-state index contributed by atoms with van der Waals surface area (Å²) in [4.78, 5) is 0. The average molecular weight is 231 g/mol. The topological polar surface area (TPSA) is 28.9 Å². The predicted molar refractivity (Wildman–Crippen MR) is 50.9 cm³/mol. The summed E-state index contributed by atoms with van der Waals surface area (Å²) >= 11 is 0. The zero-order valence-corrected chi connectivity index (χ0v) is 8.72. The summed E-state index contributed by atoms with van der Waals surface area (Å²) in [5.41, 5.74) is 1.62. The number of nitrogens with zero attached hydrogens (tertiary/aromatic N) is 1. The van der Waals surface area contributed by atoms with Crippen LogP contribution >= 0.6 is 0 Å². The fourth-order valence-electron chi connectivity index (χ4n) is 1.56. The number of fused-ring (bicyclic) bond motifs is 1. The van der Waals surface area contributed by atoms with Crippen molar-refractivity contribution in [1.29, 1.82) is 0 Å². The van der Waals surface area contributed by atoms with Crippen LogP contribution in [0.15, 0.2) is 18.2 Å². The molecule has 0 unspecified atom stereocenters. The SMILES string of the molecule is Cc1c2cc(OC(F)(F)F)ccc2[nH][n+]1C. The van der Waals surface area contributed by atoms with Crippen LogP contribution in [0.4, 0.5) is 13.2 Å². The first-order valence-corrected chi connectivity index (χ1v) is 4.61. The van der Waals surface area contributed by atoms with Crippen molar-refractivity contribution >= 4 is 10.9 Å². The number of alkyl halides is 3. The van der Waals surface area contributed by atoms with Crippen molar-refractivity contribution in [3.05, 3.63) is 23.9 Å². The highest BCUT2D eigenvalue weighted by Crippen LogP contribution is 2.26. The molecular formula is C10H10F3N2O+. The van der Waals surface area contributed by atoms with Crippen LogP contribution in [0.5, 0.6) is 5.75 Å². The fourth-order valence-corrected chi connectivity index (χ4v) is 1.56. The highest BCUT2D eigenvalue weighted by Gasteiger charge is 2.31. The van der Waals surface area contributed by atoms with Crippen molar-refractivity contribution in [3.63, 3.8) is 0 Å². The summed E-state index contributed by atoms with van der Waals surface area (Å²) in [6.07, 6.45) is -4.65. The second-order valence-corrected chi connectivity index (χ2v) is 3.51. The molecule has 16 heavy (non-hydrogen) atoms. The zero-order chi connectivity index (χ0) is 11.9. The lowest BCUT2D eigenvalue weighted by atomic mass is 10.2. The summed E-state index contributed by atoms with van der Waals surface area (Å²) in [6, 6.07) is 4.21. The molecule has 86 valence electrons. The van der Waals surface area contributed by atoms with Crippen molar-refractivity contribution in [2.45, 2.75) is 13.3 Å². The minimum absolute atomic E-state index is 0.206. The van der Waals surface area contributed by atoms with E-state index in [0.29, 0.717) is 5.39 Å². The number of hydrogen-bond donors (Lipinski definition) is 1. The van der Waals surface area contributed by atoms with E-state index < -0.39 is 6.36 Å². The van der Waals surface area contributed by atoms with Gasteiger partial charge in [-0.2, -0.15) is 5.10 Å². The highest BCUT2D eigenvalue weighted by atomic mass is 19.4. The van der Waals surface area contributed by atoms with Crippen LogP contribution < -0.4 is 9.42 Å². The molecule has 0 aliphatic heterocycles. The molecular weight excluding hydrogens is 221 g/mol. The zero-order valence-electron chi connectivity index (χ0n) is 8.72. The molecule has 2 rings (SSSR count). The third-order valence-electron chi connectivity index (χ3n) is 2.41. The molecule has 6 heteroatoms. The largest absolute Gasteiger partial charge is 0.573 e. The molecule has 0 atom stereocenters. The molecule has 0 fully saturated rings. The molecule has 0 amide bonds. The molecule has 0 saturated carbocycles. The van der Waals surface area contributed by atoms with Gasteiger partial charge in [0.25, 0.3) is 0 Å². The third-order valence-corrected chi connectivity index (χ3v) is 2.41. The predicted octanol–water partition coefficient (Wildman–Crippen LogP) is 2.20. The van der Waals surface area contributed by atoms with Gasteiger partial charge in [-0.1, -0.05) is 0 Å². The second-order valence-electron chi connectivity index (χ2n) is 3.51. The van der Waals surface area contributed by atoms with Crippen LogP contribution in [-0.2, 0) is 7.05 Å².